The molecule has 0 aliphatic heterocycles. The van der Waals surface area contributed by atoms with Crippen LogP contribution in [0, 0.1) is 0 Å². The van der Waals surface area contributed by atoms with Crippen molar-refractivity contribution in [1.29, 1.82) is 0 Å². The molecule has 0 bridgehead atoms. The summed E-state index contributed by atoms with van der Waals surface area (Å²) in [6.07, 6.45) is 1.62. The molecule has 0 spiro atoms. The minimum Gasteiger partial charge on any atom is -0.364 e. The van der Waals surface area contributed by atoms with E-state index in [0.717, 1.165) is 16.8 Å². The largest absolute Gasteiger partial charge is 0.364 e. The molecule has 2 aromatic rings. The van der Waals surface area contributed by atoms with Gasteiger partial charge in [0.15, 0.2) is 0 Å². The van der Waals surface area contributed by atoms with Crippen LogP contribution in [0.2, 0.25) is 0 Å². The first-order chi connectivity index (χ1) is 6.42. The molecule has 3 nitrogen and oxygen atoms in total. The van der Waals surface area contributed by atoms with Crippen LogP contribution >= 0.6 is 0 Å². The van der Waals surface area contributed by atoms with Gasteiger partial charge in [0.05, 0.1) is 0 Å². The molecule has 3 heteroatoms. The van der Waals surface area contributed by atoms with Crippen molar-refractivity contribution in [3.05, 3.63) is 42.3 Å². The monoisotopic (exact) mass is 174 g/mol. The number of hydrogen-bond donors (Lipinski definition) is 1. The lowest BCUT2D eigenvalue weighted by Crippen LogP contribution is -1.97. The van der Waals surface area contributed by atoms with Crippen molar-refractivity contribution in [2.24, 2.45) is 5.73 Å². The third-order valence-corrected chi connectivity index (χ3v) is 1.92. The first kappa shape index (κ1) is 8.01. The second kappa shape index (κ2) is 3.41. The zero-order chi connectivity index (χ0) is 9.10. The Morgan fingerprint density at radius 1 is 1.23 bits per heavy atom. The molecule has 1 heterocycles. The molecule has 0 amide bonds. The zero-order valence-corrected chi connectivity index (χ0v) is 7.10. The van der Waals surface area contributed by atoms with Crippen LogP contribution in [0.25, 0.3) is 11.1 Å². The van der Waals surface area contributed by atoms with Gasteiger partial charge in [-0.1, -0.05) is 35.5 Å². The highest BCUT2D eigenvalue weighted by atomic mass is 16.5. The molecule has 1 aromatic carbocycles. The van der Waals surface area contributed by atoms with E-state index in [1.807, 2.05) is 30.3 Å². The van der Waals surface area contributed by atoms with Crippen LogP contribution in [-0.4, -0.2) is 5.16 Å². The molecule has 66 valence electrons. The highest BCUT2D eigenvalue weighted by molar-refractivity contribution is 5.64. The van der Waals surface area contributed by atoms with Gasteiger partial charge in [0.1, 0.15) is 12.0 Å². The van der Waals surface area contributed by atoms with Gasteiger partial charge in [-0.3, -0.25) is 0 Å². The van der Waals surface area contributed by atoms with Crippen LogP contribution in [0.5, 0.6) is 0 Å². The predicted octanol–water partition coefficient (Wildman–Crippen LogP) is 1.80. The fraction of sp³-hybridized carbons (Fsp3) is 0.100. The second-order valence-corrected chi connectivity index (χ2v) is 2.75. The third-order valence-electron chi connectivity index (χ3n) is 1.92. The lowest BCUT2D eigenvalue weighted by Gasteiger charge is -1.97. The molecule has 2 rings (SSSR count). The van der Waals surface area contributed by atoms with Gasteiger partial charge in [-0.05, 0) is 5.56 Å². The van der Waals surface area contributed by atoms with Gasteiger partial charge in [-0.15, -0.1) is 0 Å². The van der Waals surface area contributed by atoms with Gasteiger partial charge in [0.2, 0.25) is 0 Å². The van der Waals surface area contributed by atoms with Crippen LogP contribution in [0.1, 0.15) is 5.69 Å². The Hall–Kier alpha value is -1.61. The summed E-state index contributed by atoms with van der Waals surface area (Å²) in [5, 5.41) is 3.81. The maximum Gasteiger partial charge on any atom is 0.131 e. The highest BCUT2D eigenvalue weighted by Gasteiger charge is 2.06. The van der Waals surface area contributed by atoms with Crippen molar-refractivity contribution in [3.8, 4) is 11.1 Å². The first-order valence-electron chi connectivity index (χ1n) is 4.10. The Labute approximate surface area is 76.2 Å². The minimum absolute atomic E-state index is 0.403. The fourth-order valence-electron chi connectivity index (χ4n) is 1.26. The summed E-state index contributed by atoms with van der Waals surface area (Å²) in [5.41, 5.74) is 8.37. The van der Waals surface area contributed by atoms with Crippen molar-refractivity contribution >= 4 is 0 Å². The molecule has 0 unspecified atom stereocenters. The average Bonchev–Trinajstić information content (AvgIpc) is 2.67. The third kappa shape index (κ3) is 1.46. The van der Waals surface area contributed by atoms with Gasteiger partial charge < -0.3 is 10.3 Å². The van der Waals surface area contributed by atoms with Crippen LogP contribution in [0.3, 0.4) is 0 Å². The van der Waals surface area contributed by atoms with Crippen LogP contribution < -0.4 is 5.73 Å². The van der Waals surface area contributed by atoms with Crippen molar-refractivity contribution in [3.63, 3.8) is 0 Å². The topological polar surface area (TPSA) is 52.0 Å². The van der Waals surface area contributed by atoms with Crippen molar-refractivity contribution in [2.75, 3.05) is 0 Å². The highest BCUT2D eigenvalue weighted by Crippen LogP contribution is 2.21. The number of rotatable bonds is 2. The second-order valence-electron chi connectivity index (χ2n) is 2.75. The smallest absolute Gasteiger partial charge is 0.131 e. The van der Waals surface area contributed by atoms with Gasteiger partial charge in [-0.2, -0.15) is 0 Å². The molecule has 0 saturated heterocycles. The summed E-state index contributed by atoms with van der Waals surface area (Å²) < 4.78 is 4.86. The molecule has 0 aliphatic carbocycles. The molecule has 1 aromatic heterocycles. The Balaban J connectivity index is 2.47. The van der Waals surface area contributed by atoms with Crippen molar-refractivity contribution in [1.82, 2.24) is 5.16 Å². The van der Waals surface area contributed by atoms with Crippen molar-refractivity contribution in [2.45, 2.75) is 6.54 Å². The van der Waals surface area contributed by atoms with Crippen molar-refractivity contribution < 1.29 is 4.52 Å². The number of benzene rings is 1. The Morgan fingerprint density at radius 3 is 2.69 bits per heavy atom. The first-order valence-corrected chi connectivity index (χ1v) is 4.10. The standard InChI is InChI=1S/C10H10N2O/c11-6-10-9(7-13-12-10)8-4-2-1-3-5-8/h1-5,7H,6,11H2. The van der Waals surface area contributed by atoms with E-state index in [1.54, 1.807) is 6.26 Å². The average molecular weight is 174 g/mol. The number of nitrogens with two attached hydrogens (primary N) is 1. The number of aromatic nitrogens is 1. The summed E-state index contributed by atoms with van der Waals surface area (Å²) in [6.45, 7) is 0.403. The molecule has 0 radical (unpaired) electrons. The lowest BCUT2D eigenvalue weighted by molar-refractivity contribution is 0.412. The van der Waals surface area contributed by atoms with Gasteiger partial charge in [0.25, 0.3) is 0 Å². The molecule has 13 heavy (non-hydrogen) atoms. The van der Waals surface area contributed by atoms with E-state index in [0.29, 0.717) is 6.54 Å². The Kier molecular flexibility index (Phi) is 2.10. The summed E-state index contributed by atoms with van der Waals surface area (Å²) in [6, 6.07) is 9.93. The zero-order valence-electron chi connectivity index (χ0n) is 7.10. The Morgan fingerprint density at radius 2 is 2.00 bits per heavy atom. The molecular formula is C10H10N2O. The van der Waals surface area contributed by atoms with E-state index < -0.39 is 0 Å². The van der Waals surface area contributed by atoms with Gasteiger partial charge in [-0.25, -0.2) is 0 Å². The number of hydrogen-bond acceptors (Lipinski definition) is 3. The fourth-order valence-corrected chi connectivity index (χ4v) is 1.26. The number of nitrogens with zero attached hydrogens (tertiary/aromatic N) is 1. The predicted molar refractivity (Wildman–Crippen MR) is 49.8 cm³/mol. The summed E-state index contributed by atoms with van der Waals surface area (Å²) in [7, 11) is 0. The van der Waals surface area contributed by atoms with E-state index in [-0.39, 0.29) is 0 Å². The van der Waals surface area contributed by atoms with Gasteiger partial charge in [0, 0.05) is 12.1 Å². The molecule has 0 saturated carbocycles. The normalized spacial score (nSPS) is 10.2. The molecule has 2 N–H and O–H groups in total. The molecule has 0 aliphatic rings. The molecule has 0 fully saturated rings. The van der Waals surface area contributed by atoms with Gasteiger partial charge >= 0.3 is 0 Å². The van der Waals surface area contributed by atoms with E-state index in [2.05, 4.69) is 5.16 Å². The summed E-state index contributed by atoms with van der Waals surface area (Å²) in [4.78, 5) is 0. The lowest BCUT2D eigenvalue weighted by atomic mass is 10.1. The van der Waals surface area contributed by atoms with E-state index in [4.69, 9.17) is 10.3 Å². The minimum atomic E-state index is 0.403. The molecular weight excluding hydrogens is 164 g/mol. The summed E-state index contributed by atoms with van der Waals surface area (Å²) >= 11 is 0. The van der Waals surface area contributed by atoms with Crippen LogP contribution in [-0.2, 0) is 6.54 Å². The van der Waals surface area contributed by atoms with E-state index >= 15 is 0 Å². The Bertz CT molecular complexity index is 381. The van der Waals surface area contributed by atoms with E-state index in [9.17, 15) is 0 Å². The molecule has 0 atom stereocenters. The van der Waals surface area contributed by atoms with Crippen LogP contribution in [0.4, 0.5) is 0 Å². The maximum atomic E-state index is 5.51. The quantitative estimate of drug-likeness (QED) is 0.755. The van der Waals surface area contributed by atoms with Crippen LogP contribution in [0.15, 0.2) is 41.1 Å². The van der Waals surface area contributed by atoms with E-state index in [1.165, 1.54) is 0 Å². The maximum absolute atomic E-state index is 5.51. The summed E-state index contributed by atoms with van der Waals surface area (Å²) in [5.74, 6) is 0. The SMILES string of the molecule is NCc1nocc1-c1ccccc1.